The van der Waals surface area contributed by atoms with E-state index in [1.807, 2.05) is 13.0 Å². The Morgan fingerprint density at radius 2 is 2.12 bits per heavy atom. The maximum atomic E-state index is 7.18. The molecule has 0 aromatic heterocycles. The van der Waals surface area contributed by atoms with Gasteiger partial charge in [0.25, 0.3) is 0 Å². The number of benzene rings is 1. The van der Waals surface area contributed by atoms with Gasteiger partial charge in [0.2, 0.25) is 0 Å². The van der Waals surface area contributed by atoms with E-state index in [9.17, 15) is 0 Å². The standard InChI is InChI=1S/C13H16ClN3/c1-9(4-5-15)2-3-10-7-13(17)11(8-16)6-12(10)14/h4-8,15-16H,2-3,17H2,1H3/b9-4+,15-5?,16-8?. The van der Waals surface area contributed by atoms with Crippen LogP contribution < -0.4 is 5.73 Å². The second-order valence-corrected chi connectivity index (χ2v) is 4.30. The molecule has 0 aliphatic rings. The third kappa shape index (κ3) is 3.71. The number of rotatable bonds is 5. The van der Waals surface area contributed by atoms with Crippen molar-refractivity contribution >= 4 is 29.7 Å². The zero-order valence-electron chi connectivity index (χ0n) is 9.76. The number of nitrogen functional groups attached to an aromatic ring is 1. The lowest BCUT2D eigenvalue weighted by Crippen LogP contribution is -1.97. The van der Waals surface area contributed by atoms with Crippen molar-refractivity contribution in [3.8, 4) is 0 Å². The Kier molecular flexibility index (Phi) is 4.91. The number of aryl methyl sites for hydroxylation is 1. The van der Waals surface area contributed by atoms with E-state index in [1.165, 1.54) is 12.4 Å². The van der Waals surface area contributed by atoms with Crippen LogP contribution in [0, 0.1) is 10.8 Å². The molecule has 0 saturated heterocycles. The molecule has 0 aliphatic heterocycles. The predicted molar refractivity (Wildman–Crippen MR) is 74.6 cm³/mol. The summed E-state index contributed by atoms with van der Waals surface area (Å²) in [6.45, 7) is 1.98. The Morgan fingerprint density at radius 3 is 2.71 bits per heavy atom. The van der Waals surface area contributed by atoms with Gasteiger partial charge >= 0.3 is 0 Å². The second-order valence-electron chi connectivity index (χ2n) is 3.90. The van der Waals surface area contributed by atoms with Crippen LogP contribution in [0.5, 0.6) is 0 Å². The van der Waals surface area contributed by atoms with Crippen molar-refractivity contribution in [1.29, 1.82) is 10.8 Å². The normalized spacial score (nSPS) is 11.3. The molecule has 0 aliphatic carbocycles. The lowest BCUT2D eigenvalue weighted by molar-refractivity contribution is 0.943. The van der Waals surface area contributed by atoms with Gasteiger partial charge in [0.1, 0.15) is 0 Å². The summed E-state index contributed by atoms with van der Waals surface area (Å²) < 4.78 is 0. The molecule has 0 radical (unpaired) electrons. The van der Waals surface area contributed by atoms with Gasteiger partial charge in [-0.05, 0) is 43.5 Å². The molecule has 1 rings (SSSR count). The molecule has 4 N–H and O–H groups in total. The second kappa shape index (κ2) is 6.21. The van der Waals surface area contributed by atoms with Crippen LogP contribution in [0.2, 0.25) is 5.02 Å². The summed E-state index contributed by atoms with van der Waals surface area (Å²) in [5, 5.41) is 14.8. The molecule has 0 atom stereocenters. The monoisotopic (exact) mass is 249 g/mol. The topological polar surface area (TPSA) is 73.7 Å². The summed E-state index contributed by atoms with van der Waals surface area (Å²) in [6.07, 6.45) is 5.88. The zero-order valence-corrected chi connectivity index (χ0v) is 10.5. The fraction of sp³-hybridized carbons (Fsp3) is 0.231. The smallest absolute Gasteiger partial charge is 0.0446 e. The largest absolute Gasteiger partial charge is 0.398 e. The molecule has 1 aromatic carbocycles. The number of allylic oxidation sites excluding steroid dienone is 2. The van der Waals surface area contributed by atoms with Crippen molar-refractivity contribution < 1.29 is 0 Å². The number of anilines is 1. The predicted octanol–water partition coefficient (Wildman–Crippen LogP) is 3.45. The Labute approximate surface area is 106 Å². The van der Waals surface area contributed by atoms with E-state index in [-0.39, 0.29) is 0 Å². The van der Waals surface area contributed by atoms with Gasteiger partial charge < -0.3 is 16.6 Å². The van der Waals surface area contributed by atoms with Gasteiger partial charge in [-0.1, -0.05) is 17.2 Å². The van der Waals surface area contributed by atoms with E-state index in [2.05, 4.69) is 0 Å². The van der Waals surface area contributed by atoms with Crippen molar-refractivity contribution in [3.05, 3.63) is 39.9 Å². The lowest BCUT2D eigenvalue weighted by atomic mass is 10.0. The minimum absolute atomic E-state index is 0.577. The first kappa shape index (κ1) is 13.5. The molecule has 17 heavy (non-hydrogen) atoms. The van der Waals surface area contributed by atoms with E-state index in [0.717, 1.165) is 24.0 Å². The number of hydrogen-bond acceptors (Lipinski definition) is 3. The van der Waals surface area contributed by atoms with Crippen LogP contribution in [0.4, 0.5) is 5.69 Å². The molecular formula is C13H16ClN3. The quantitative estimate of drug-likeness (QED) is 0.543. The minimum atomic E-state index is 0.577. The Bertz CT molecular complexity index is 464. The highest BCUT2D eigenvalue weighted by Gasteiger charge is 2.05. The molecule has 0 unspecified atom stereocenters. The first-order valence-corrected chi connectivity index (χ1v) is 5.71. The average molecular weight is 250 g/mol. The van der Waals surface area contributed by atoms with Gasteiger partial charge in [0.15, 0.2) is 0 Å². The van der Waals surface area contributed by atoms with Crippen LogP contribution in [0.15, 0.2) is 23.8 Å². The van der Waals surface area contributed by atoms with Crippen molar-refractivity contribution in [2.24, 2.45) is 0 Å². The summed E-state index contributed by atoms with van der Waals surface area (Å²) in [4.78, 5) is 0. The molecule has 1 aromatic rings. The van der Waals surface area contributed by atoms with Gasteiger partial charge in [-0.15, -0.1) is 0 Å². The molecule has 0 saturated carbocycles. The molecule has 0 heterocycles. The summed E-state index contributed by atoms with van der Waals surface area (Å²) in [5.74, 6) is 0. The Morgan fingerprint density at radius 1 is 1.41 bits per heavy atom. The zero-order chi connectivity index (χ0) is 12.8. The van der Waals surface area contributed by atoms with Gasteiger partial charge in [0.05, 0.1) is 0 Å². The molecule has 0 bridgehead atoms. The maximum Gasteiger partial charge on any atom is 0.0446 e. The molecule has 0 spiro atoms. The molecular weight excluding hydrogens is 234 g/mol. The fourth-order valence-electron chi connectivity index (χ4n) is 1.53. The van der Waals surface area contributed by atoms with Crippen molar-refractivity contribution in [1.82, 2.24) is 0 Å². The molecule has 90 valence electrons. The molecule has 4 heteroatoms. The van der Waals surface area contributed by atoms with E-state index in [0.29, 0.717) is 16.3 Å². The first-order valence-electron chi connectivity index (χ1n) is 5.33. The fourth-order valence-corrected chi connectivity index (χ4v) is 1.79. The highest BCUT2D eigenvalue weighted by Crippen LogP contribution is 2.24. The summed E-state index contributed by atoms with van der Waals surface area (Å²) in [7, 11) is 0. The van der Waals surface area contributed by atoms with Crippen LogP contribution in [-0.2, 0) is 6.42 Å². The highest BCUT2D eigenvalue weighted by molar-refractivity contribution is 6.31. The van der Waals surface area contributed by atoms with Crippen molar-refractivity contribution in [3.63, 3.8) is 0 Å². The van der Waals surface area contributed by atoms with Crippen LogP contribution in [-0.4, -0.2) is 12.4 Å². The third-order valence-electron chi connectivity index (χ3n) is 2.56. The average Bonchev–Trinajstić information content (AvgIpc) is 2.30. The molecule has 3 nitrogen and oxygen atoms in total. The van der Waals surface area contributed by atoms with E-state index in [4.69, 9.17) is 28.2 Å². The number of nitrogens with two attached hydrogens (primary N) is 1. The number of halogens is 1. The Balaban J connectivity index is 2.85. The minimum Gasteiger partial charge on any atom is -0.398 e. The van der Waals surface area contributed by atoms with E-state index >= 15 is 0 Å². The summed E-state index contributed by atoms with van der Waals surface area (Å²) >= 11 is 6.12. The van der Waals surface area contributed by atoms with Crippen molar-refractivity contribution in [2.45, 2.75) is 19.8 Å². The van der Waals surface area contributed by atoms with Crippen LogP contribution >= 0.6 is 11.6 Å². The lowest BCUT2D eigenvalue weighted by Gasteiger charge is -2.08. The van der Waals surface area contributed by atoms with Gasteiger partial charge in [0, 0.05) is 28.7 Å². The number of nitrogens with one attached hydrogen (secondary N) is 2. The summed E-state index contributed by atoms with van der Waals surface area (Å²) in [5.41, 5.74) is 9.14. The first-order chi connectivity index (χ1) is 8.08. The molecule has 0 amide bonds. The Hall–Kier alpha value is -1.61. The number of hydrogen-bond donors (Lipinski definition) is 3. The van der Waals surface area contributed by atoms with Gasteiger partial charge in [-0.25, -0.2) is 0 Å². The third-order valence-corrected chi connectivity index (χ3v) is 2.92. The van der Waals surface area contributed by atoms with Crippen LogP contribution in [0.3, 0.4) is 0 Å². The van der Waals surface area contributed by atoms with E-state index < -0.39 is 0 Å². The van der Waals surface area contributed by atoms with Gasteiger partial charge in [-0.2, -0.15) is 0 Å². The van der Waals surface area contributed by atoms with Crippen LogP contribution in [0.25, 0.3) is 0 Å². The maximum absolute atomic E-state index is 7.18. The van der Waals surface area contributed by atoms with Gasteiger partial charge in [-0.3, -0.25) is 0 Å². The molecule has 0 fully saturated rings. The SMILES string of the molecule is C/C(=C\C=N)CCc1cc(N)c(C=N)cc1Cl. The van der Waals surface area contributed by atoms with E-state index in [1.54, 1.807) is 12.1 Å². The summed E-state index contributed by atoms with van der Waals surface area (Å²) in [6, 6.07) is 3.54. The van der Waals surface area contributed by atoms with Crippen LogP contribution in [0.1, 0.15) is 24.5 Å². The van der Waals surface area contributed by atoms with Crippen molar-refractivity contribution in [2.75, 3.05) is 5.73 Å². The highest BCUT2D eigenvalue weighted by atomic mass is 35.5.